The number of benzene rings is 1. The number of hydrogen-bond acceptors (Lipinski definition) is 2. The molecule has 0 aliphatic carbocycles. The average Bonchev–Trinajstić information content (AvgIpc) is 2.17. The maximum absolute atomic E-state index is 8.83. The fourth-order valence-corrected chi connectivity index (χ4v) is 1.33. The summed E-state index contributed by atoms with van der Waals surface area (Å²) >= 11 is 4.10. The highest BCUT2D eigenvalue weighted by atomic mass is 32.1. The van der Waals surface area contributed by atoms with Crippen molar-refractivity contribution < 1.29 is 5.11 Å². The molecule has 0 aliphatic rings. The van der Waals surface area contributed by atoms with Crippen LogP contribution in [-0.4, -0.2) is 17.5 Å². The minimum absolute atomic E-state index is 0.200. The smallest absolute Gasteiger partial charge is 0.0471 e. The molecule has 0 heterocycles. The molecular weight excluding hydrogens is 180 g/mol. The van der Waals surface area contributed by atoms with E-state index in [1.807, 2.05) is 36.4 Å². The molecule has 1 N–H and O–H groups in total. The highest BCUT2D eigenvalue weighted by Gasteiger charge is 1.96. The third-order valence-electron chi connectivity index (χ3n) is 1.84. The largest absolute Gasteiger partial charge is 0.396 e. The lowest BCUT2D eigenvalue weighted by Crippen LogP contribution is -1.93. The molecular formula is C11H14OS. The molecule has 0 saturated carbocycles. The maximum Gasteiger partial charge on any atom is 0.0471 e. The van der Waals surface area contributed by atoms with Gasteiger partial charge in [0.05, 0.1) is 0 Å². The summed E-state index contributed by atoms with van der Waals surface area (Å²) in [7, 11) is 0. The number of aliphatic hydroxyl groups excluding tert-OH is 1. The van der Waals surface area contributed by atoms with Gasteiger partial charge in [-0.25, -0.2) is 0 Å². The standard InChI is InChI=1S/C11H14OS/c12-8-7-11-5-2-1-4-10(11)6-3-9-13/h1-6,12-13H,7-9H2. The highest BCUT2D eigenvalue weighted by Crippen LogP contribution is 2.11. The fraction of sp³-hybridized carbons (Fsp3) is 0.273. The van der Waals surface area contributed by atoms with E-state index in [4.69, 9.17) is 5.11 Å². The van der Waals surface area contributed by atoms with E-state index in [9.17, 15) is 0 Å². The Balaban J connectivity index is 2.84. The van der Waals surface area contributed by atoms with Crippen molar-refractivity contribution in [3.05, 3.63) is 41.5 Å². The monoisotopic (exact) mass is 194 g/mol. The molecule has 0 bridgehead atoms. The Morgan fingerprint density at radius 2 is 2.08 bits per heavy atom. The number of rotatable bonds is 4. The lowest BCUT2D eigenvalue weighted by atomic mass is 10.0. The van der Waals surface area contributed by atoms with Gasteiger partial charge in [-0.2, -0.15) is 12.6 Å². The van der Waals surface area contributed by atoms with Crippen LogP contribution in [-0.2, 0) is 6.42 Å². The van der Waals surface area contributed by atoms with Gasteiger partial charge in [-0.3, -0.25) is 0 Å². The van der Waals surface area contributed by atoms with Crippen molar-refractivity contribution in [1.29, 1.82) is 0 Å². The molecule has 0 spiro atoms. The predicted molar refractivity (Wildman–Crippen MR) is 60.1 cm³/mol. The first-order chi connectivity index (χ1) is 6.38. The first kappa shape index (κ1) is 10.4. The third-order valence-corrected chi connectivity index (χ3v) is 2.05. The van der Waals surface area contributed by atoms with E-state index in [1.165, 1.54) is 11.1 Å². The second-order valence-electron chi connectivity index (χ2n) is 2.76. The summed E-state index contributed by atoms with van der Waals surface area (Å²) in [4.78, 5) is 0. The van der Waals surface area contributed by atoms with Gasteiger partial charge in [0.2, 0.25) is 0 Å². The molecule has 0 saturated heterocycles. The minimum Gasteiger partial charge on any atom is -0.396 e. The Morgan fingerprint density at radius 1 is 1.31 bits per heavy atom. The summed E-state index contributed by atoms with van der Waals surface area (Å²) in [5, 5.41) is 8.83. The average molecular weight is 194 g/mol. The quantitative estimate of drug-likeness (QED) is 0.704. The number of hydrogen-bond donors (Lipinski definition) is 2. The van der Waals surface area contributed by atoms with Gasteiger partial charge in [-0.1, -0.05) is 36.4 Å². The number of aliphatic hydroxyl groups is 1. The summed E-state index contributed by atoms with van der Waals surface area (Å²) in [6.07, 6.45) is 4.75. The zero-order valence-corrected chi connectivity index (χ0v) is 8.37. The molecule has 70 valence electrons. The Bertz CT molecular complexity index is 281. The lowest BCUT2D eigenvalue weighted by molar-refractivity contribution is 0.299. The van der Waals surface area contributed by atoms with E-state index < -0.39 is 0 Å². The first-order valence-electron chi connectivity index (χ1n) is 4.34. The summed E-state index contributed by atoms with van der Waals surface area (Å²) < 4.78 is 0. The predicted octanol–water partition coefficient (Wildman–Crippen LogP) is 2.16. The van der Waals surface area contributed by atoms with Crippen LogP contribution in [0.2, 0.25) is 0 Å². The molecule has 1 aromatic rings. The Kier molecular flexibility index (Phi) is 4.65. The van der Waals surface area contributed by atoms with Crippen molar-refractivity contribution in [3.63, 3.8) is 0 Å². The van der Waals surface area contributed by atoms with E-state index in [0.29, 0.717) is 6.42 Å². The van der Waals surface area contributed by atoms with Crippen LogP contribution < -0.4 is 0 Å². The zero-order chi connectivity index (χ0) is 9.52. The summed E-state index contributed by atoms with van der Waals surface area (Å²) in [6, 6.07) is 8.07. The Labute approximate surface area is 84.5 Å². The molecule has 1 nitrogen and oxygen atoms in total. The van der Waals surface area contributed by atoms with Crippen LogP contribution in [0.25, 0.3) is 6.08 Å². The topological polar surface area (TPSA) is 20.2 Å². The van der Waals surface area contributed by atoms with Gasteiger partial charge in [0.25, 0.3) is 0 Å². The van der Waals surface area contributed by atoms with Crippen LogP contribution >= 0.6 is 12.6 Å². The first-order valence-corrected chi connectivity index (χ1v) is 4.98. The van der Waals surface area contributed by atoms with Crippen molar-refractivity contribution in [2.24, 2.45) is 0 Å². The van der Waals surface area contributed by atoms with Crippen molar-refractivity contribution in [2.45, 2.75) is 6.42 Å². The van der Waals surface area contributed by atoms with Gasteiger partial charge in [-0.15, -0.1) is 0 Å². The molecule has 0 aromatic heterocycles. The highest BCUT2D eigenvalue weighted by molar-refractivity contribution is 7.80. The molecule has 0 atom stereocenters. The molecule has 0 amide bonds. The maximum atomic E-state index is 8.83. The molecule has 13 heavy (non-hydrogen) atoms. The lowest BCUT2D eigenvalue weighted by Gasteiger charge is -2.02. The molecule has 2 heteroatoms. The van der Waals surface area contributed by atoms with E-state index >= 15 is 0 Å². The van der Waals surface area contributed by atoms with Crippen molar-refractivity contribution >= 4 is 18.7 Å². The van der Waals surface area contributed by atoms with Crippen LogP contribution in [0.15, 0.2) is 30.3 Å². The fourth-order valence-electron chi connectivity index (χ4n) is 1.22. The number of thiol groups is 1. The molecule has 0 unspecified atom stereocenters. The van der Waals surface area contributed by atoms with Gasteiger partial charge < -0.3 is 5.11 Å². The van der Waals surface area contributed by atoms with Crippen LogP contribution in [0.4, 0.5) is 0 Å². The second kappa shape index (κ2) is 5.84. The molecule has 0 radical (unpaired) electrons. The van der Waals surface area contributed by atoms with Gasteiger partial charge in [0, 0.05) is 12.4 Å². The van der Waals surface area contributed by atoms with Crippen molar-refractivity contribution in [3.8, 4) is 0 Å². The second-order valence-corrected chi connectivity index (χ2v) is 3.12. The van der Waals surface area contributed by atoms with E-state index in [-0.39, 0.29) is 6.61 Å². The molecule has 1 aromatic carbocycles. The summed E-state index contributed by atoms with van der Waals surface area (Å²) in [6.45, 7) is 0.200. The summed E-state index contributed by atoms with van der Waals surface area (Å²) in [5.41, 5.74) is 2.36. The van der Waals surface area contributed by atoms with Gasteiger partial charge in [-0.05, 0) is 17.5 Å². The van der Waals surface area contributed by atoms with Crippen molar-refractivity contribution in [1.82, 2.24) is 0 Å². The van der Waals surface area contributed by atoms with E-state index in [2.05, 4.69) is 12.6 Å². The van der Waals surface area contributed by atoms with Crippen LogP contribution in [0.5, 0.6) is 0 Å². The van der Waals surface area contributed by atoms with Crippen LogP contribution in [0.1, 0.15) is 11.1 Å². The van der Waals surface area contributed by atoms with Crippen molar-refractivity contribution in [2.75, 3.05) is 12.4 Å². The normalized spacial score (nSPS) is 10.9. The minimum atomic E-state index is 0.200. The van der Waals surface area contributed by atoms with Crippen LogP contribution in [0.3, 0.4) is 0 Å². The molecule has 0 fully saturated rings. The van der Waals surface area contributed by atoms with Gasteiger partial charge in [0.1, 0.15) is 0 Å². The van der Waals surface area contributed by atoms with Crippen LogP contribution in [0, 0.1) is 0 Å². The SMILES string of the molecule is OCCc1ccccc1C=CCS. The Hall–Kier alpha value is -0.730. The molecule has 1 rings (SSSR count). The van der Waals surface area contributed by atoms with E-state index in [1.54, 1.807) is 0 Å². The Morgan fingerprint density at radius 3 is 2.77 bits per heavy atom. The van der Waals surface area contributed by atoms with Gasteiger partial charge >= 0.3 is 0 Å². The third kappa shape index (κ3) is 3.25. The molecule has 0 aliphatic heterocycles. The summed E-state index contributed by atoms with van der Waals surface area (Å²) in [5.74, 6) is 0.744. The van der Waals surface area contributed by atoms with Gasteiger partial charge in [0.15, 0.2) is 0 Å². The zero-order valence-electron chi connectivity index (χ0n) is 7.48. The van der Waals surface area contributed by atoms with E-state index in [0.717, 1.165) is 5.75 Å².